The van der Waals surface area contributed by atoms with Crippen LogP contribution in [0.1, 0.15) is 11.1 Å². The predicted octanol–water partition coefficient (Wildman–Crippen LogP) is 7.47. The second kappa shape index (κ2) is 9.37. The minimum Gasteiger partial charge on any atom is -0.488 e. The lowest BCUT2D eigenvalue weighted by Gasteiger charge is -2.12. The lowest BCUT2D eigenvalue weighted by Crippen LogP contribution is -2.27. The van der Waals surface area contributed by atoms with Gasteiger partial charge in [-0.1, -0.05) is 46.9 Å². The maximum atomic E-state index is 12.9. The molecular weight excluding hydrogens is 477 g/mol. The van der Waals surface area contributed by atoms with Crippen LogP contribution in [0.25, 0.3) is 6.08 Å². The van der Waals surface area contributed by atoms with Gasteiger partial charge in [-0.25, -0.2) is 4.90 Å². The van der Waals surface area contributed by atoms with Crippen molar-refractivity contribution in [2.24, 2.45) is 0 Å². The number of ether oxygens (including phenoxy) is 1. The molecule has 1 heterocycles. The van der Waals surface area contributed by atoms with Crippen LogP contribution < -0.4 is 9.64 Å². The van der Waals surface area contributed by atoms with E-state index in [1.165, 1.54) is 0 Å². The number of halogens is 3. The van der Waals surface area contributed by atoms with Crippen LogP contribution in [0.3, 0.4) is 0 Å². The van der Waals surface area contributed by atoms with Crippen LogP contribution in [-0.2, 0) is 11.4 Å². The predicted molar refractivity (Wildman–Crippen MR) is 127 cm³/mol. The molecule has 0 spiro atoms. The molecule has 1 aliphatic rings. The van der Waals surface area contributed by atoms with E-state index in [1.54, 1.807) is 54.6 Å². The third-order valence-corrected chi connectivity index (χ3v) is 6.01. The highest BCUT2D eigenvalue weighted by Crippen LogP contribution is 2.37. The van der Waals surface area contributed by atoms with Gasteiger partial charge in [-0.05, 0) is 78.0 Å². The van der Waals surface area contributed by atoms with E-state index in [-0.39, 0.29) is 16.8 Å². The highest BCUT2D eigenvalue weighted by atomic mass is 35.5. The average Bonchev–Trinajstić information content (AvgIpc) is 3.01. The largest absolute Gasteiger partial charge is 0.488 e. The van der Waals surface area contributed by atoms with Crippen molar-refractivity contribution in [1.82, 2.24) is 0 Å². The molecule has 0 saturated carbocycles. The third-order valence-electron chi connectivity index (χ3n) is 4.42. The van der Waals surface area contributed by atoms with Crippen molar-refractivity contribution in [1.29, 1.82) is 0 Å². The molecule has 4 nitrogen and oxygen atoms in total. The molecular formula is C23H14Cl3NO3S. The molecule has 0 aromatic heterocycles. The van der Waals surface area contributed by atoms with Gasteiger partial charge in [0.2, 0.25) is 0 Å². The topological polar surface area (TPSA) is 46.6 Å². The summed E-state index contributed by atoms with van der Waals surface area (Å²) in [4.78, 5) is 26.8. The molecule has 0 bridgehead atoms. The number of carbonyl (C=O) groups excluding carboxylic acids is 2. The Bertz CT molecular complexity index is 1190. The van der Waals surface area contributed by atoms with Gasteiger partial charge in [0.1, 0.15) is 12.4 Å². The van der Waals surface area contributed by atoms with Crippen LogP contribution in [0.4, 0.5) is 10.5 Å². The maximum absolute atomic E-state index is 12.9. The van der Waals surface area contributed by atoms with Gasteiger partial charge in [0, 0.05) is 20.6 Å². The monoisotopic (exact) mass is 489 g/mol. The minimum atomic E-state index is -0.418. The van der Waals surface area contributed by atoms with E-state index in [0.29, 0.717) is 32.1 Å². The van der Waals surface area contributed by atoms with E-state index in [1.807, 2.05) is 18.2 Å². The Balaban J connectivity index is 1.60. The normalized spacial score (nSPS) is 15.1. The first-order valence-electron chi connectivity index (χ1n) is 9.11. The van der Waals surface area contributed by atoms with E-state index < -0.39 is 5.91 Å². The Kier molecular flexibility index (Phi) is 6.58. The molecule has 8 heteroatoms. The summed E-state index contributed by atoms with van der Waals surface area (Å²) in [5.74, 6) is 0.112. The second-order valence-electron chi connectivity index (χ2n) is 6.59. The molecule has 0 atom stereocenters. The fourth-order valence-corrected chi connectivity index (χ4v) is 4.32. The molecule has 0 unspecified atom stereocenters. The van der Waals surface area contributed by atoms with Crippen molar-refractivity contribution in [3.8, 4) is 5.75 Å². The van der Waals surface area contributed by atoms with Gasteiger partial charge in [0.05, 0.1) is 10.6 Å². The molecule has 1 saturated heterocycles. The van der Waals surface area contributed by atoms with Crippen LogP contribution in [0.15, 0.2) is 71.6 Å². The van der Waals surface area contributed by atoms with E-state index >= 15 is 0 Å². The van der Waals surface area contributed by atoms with Crippen molar-refractivity contribution < 1.29 is 14.3 Å². The highest BCUT2D eigenvalue weighted by Gasteiger charge is 2.36. The Hall–Kier alpha value is -2.44. The van der Waals surface area contributed by atoms with E-state index in [2.05, 4.69) is 0 Å². The second-order valence-corrected chi connectivity index (χ2v) is 8.90. The number of anilines is 1. The van der Waals surface area contributed by atoms with E-state index in [0.717, 1.165) is 22.2 Å². The molecule has 2 amide bonds. The first-order chi connectivity index (χ1) is 14.9. The van der Waals surface area contributed by atoms with Crippen molar-refractivity contribution in [3.63, 3.8) is 0 Å². The molecule has 31 heavy (non-hydrogen) atoms. The number of carbonyl (C=O) groups is 2. The van der Waals surface area contributed by atoms with Gasteiger partial charge in [-0.3, -0.25) is 9.59 Å². The number of benzene rings is 3. The summed E-state index contributed by atoms with van der Waals surface area (Å²) in [6.45, 7) is 0.287. The molecule has 3 aromatic rings. The average molecular weight is 491 g/mol. The van der Waals surface area contributed by atoms with E-state index in [4.69, 9.17) is 39.5 Å². The Morgan fingerprint density at radius 1 is 0.871 bits per heavy atom. The number of imide groups is 1. The lowest BCUT2D eigenvalue weighted by molar-refractivity contribution is -0.113. The number of thioether (sulfide) groups is 1. The molecule has 156 valence electrons. The van der Waals surface area contributed by atoms with Crippen LogP contribution in [0.2, 0.25) is 15.1 Å². The first-order valence-corrected chi connectivity index (χ1v) is 11.1. The van der Waals surface area contributed by atoms with E-state index in [9.17, 15) is 9.59 Å². The fourth-order valence-electron chi connectivity index (χ4n) is 2.97. The van der Waals surface area contributed by atoms with Crippen LogP contribution in [0.5, 0.6) is 5.75 Å². The van der Waals surface area contributed by atoms with Gasteiger partial charge in [0.15, 0.2) is 0 Å². The standard InChI is InChI=1S/C23H14Cl3NO3S/c24-16-4-7-19(8-5-16)27-22(28)21(31-23(27)29)12-15-11-18(26)6-9-20(15)30-13-14-2-1-3-17(25)10-14/h1-12H,13H2/b21-12-. The number of hydrogen-bond acceptors (Lipinski definition) is 4. The van der Waals surface area contributed by atoms with Crippen molar-refractivity contribution in [3.05, 3.63) is 97.8 Å². The van der Waals surface area contributed by atoms with Gasteiger partial charge >= 0.3 is 0 Å². The molecule has 4 rings (SSSR count). The van der Waals surface area contributed by atoms with Crippen LogP contribution >= 0.6 is 46.6 Å². The maximum Gasteiger partial charge on any atom is 0.298 e. The molecule has 0 radical (unpaired) electrons. The number of hydrogen-bond donors (Lipinski definition) is 0. The summed E-state index contributed by atoms with van der Waals surface area (Å²) >= 11 is 18.9. The summed E-state index contributed by atoms with van der Waals surface area (Å²) in [5, 5.41) is 1.24. The Labute approximate surface area is 198 Å². The number of nitrogens with zero attached hydrogens (tertiary/aromatic N) is 1. The molecule has 1 fully saturated rings. The minimum absolute atomic E-state index is 0.273. The lowest BCUT2D eigenvalue weighted by atomic mass is 10.1. The Morgan fingerprint density at radius 3 is 2.32 bits per heavy atom. The van der Waals surface area contributed by atoms with Crippen LogP contribution in [-0.4, -0.2) is 11.1 Å². The molecule has 3 aromatic carbocycles. The number of amides is 2. The smallest absolute Gasteiger partial charge is 0.298 e. The number of rotatable bonds is 5. The summed E-state index contributed by atoms with van der Waals surface area (Å²) in [6, 6.07) is 19.0. The quantitative estimate of drug-likeness (QED) is 0.348. The van der Waals surface area contributed by atoms with Gasteiger partial charge in [-0.15, -0.1) is 0 Å². The molecule has 1 aliphatic heterocycles. The summed E-state index contributed by atoms with van der Waals surface area (Å²) in [5.41, 5.74) is 1.95. The van der Waals surface area contributed by atoms with Crippen molar-refractivity contribution >= 4 is 69.5 Å². The van der Waals surface area contributed by atoms with Crippen molar-refractivity contribution in [2.75, 3.05) is 4.90 Å². The Morgan fingerprint density at radius 2 is 1.58 bits per heavy atom. The molecule has 0 aliphatic carbocycles. The highest BCUT2D eigenvalue weighted by molar-refractivity contribution is 8.19. The molecule has 0 N–H and O–H groups in total. The zero-order valence-electron chi connectivity index (χ0n) is 15.8. The zero-order chi connectivity index (χ0) is 22.0. The first kappa shape index (κ1) is 21.8. The summed E-state index contributed by atoms with van der Waals surface area (Å²) < 4.78 is 5.93. The van der Waals surface area contributed by atoms with Crippen LogP contribution in [0, 0.1) is 0 Å². The fraction of sp³-hybridized carbons (Fsp3) is 0.0435. The van der Waals surface area contributed by atoms with Gasteiger partial charge in [0.25, 0.3) is 11.1 Å². The van der Waals surface area contributed by atoms with Gasteiger partial charge in [-0.2, -0.15) is 0 Å². The zero-order valence-corrected chi connectivity index (χ0v) is 18.9. The third kappa shape index (κ3) is 5.08. The van der Waals surface area contributed by atoms with Crippen molar-refractivity contribution in [2.45, 2.75) is 6.61 Å². The van der Waals surface area contributed by atoms with Gasteiger partial charge < -0.3 is 4.74 Å². The summed E-state index contributed by atoms with van der Waals surface area (Å²) in [7, 11) is 0. The SMILES string of the molecule is O=C1S/C(=C\c2cc(Cl)ccc2OCc2cccc(Cl)c2)C(=O)N1c1ccc(Cl)cc1. The summed E-state index contributed by atoms with van der Waals surface area (Å²) in [6.07, 6.45) is 1.61.